The molecular weight excluding hydrogens is 469 g/mol. The molecule has 0 saturated carbocycles. The Morgan fingerprint density at radius 3 is 2.60 bits per heavy atom. The third-order valence-electron chi connectivity index (χ3n) is 4.64. The monoisotopic (exact) mass is 489 g/mol. The summed E-state index contributed by atoms with van der Waals surface area (Å²) in [6.07, 6.45) is 3.67. The van der Waals surface area contributed by atoms with Gasteiger partial charge in [-0.2, -0.15) is 0 Å². The lowest BCUT2D eigenvalue weighted by molar-refractivity contribution is -0.387. The number of thiophene rings is 1. The summed E-state index contributed by atoms with van der Waals surface area (Å²) in [6.45, 7) is 5.60. The van der Waals surface area contributed by atoms with E-state index in [0.29, 0.717) is 25.7 Å². The van der Waals surface area contributed by atoms with Crippen LogP contribution < -0.4 is 5.32 Å². The fraction of sp³-hybridized carbons (Fsp3) is 0.444. The molecule has 0 spiro atoms. The summed E-state index contributed by atoms with van der Waals surface area (Å²) in [4.78, 5) is 32.7. The molecule has 0 unspecified atom stereocenters. The van der Waals surface area contributed by atoms with Gasteiger partial charge in [-0.3, -0.25) is 19.9 Å². The van der Waals surface area contributed by atoms with Gasteiger partial charge >= 0.3 is 0 Å². The third kappa shape index (κ3) is 6.05. The van der Waals surface area contributed by atoms with Crippen LogP contribution in [0.15, 0.2) is 27.6 Å². The minimum absolute atomic E-state index is 0.142. The van der Waals surface area contributed by atoms with Crippen LogP contribution in [0.5, 0.6) is 0 Å². The number of nitrogens with one attached hydrogen (secondary N) is 1. The summed E-state index contributed by atoms with van der Waals surface area (Å²) in [6, 6.07) is 1.30. The summed E-state index contributed by atoms with van der Waals surface area (Å²) >= 11 is 14.4. The molecule has 0 atom stereocenters. The van der Waals surface area contributed by atoms with Crippen molar-refractivity contribution in [2.24, 2.45) is 0 Å². The lowest BCUT2D eigenvalue weighted by atomic mass is 10.3. The Morgan fingerprint density at radius 1 is 1.30 bits per heavy atom. The molecule has 162 valence electrons. The van der Waals surface area contributed by atoms with Crippen molar-refractivity contribution in [3.63, 3.8) is 0 Å². The van der Waals surface area contributed by atoms with E-state index in [1.165, 1.54) is 18.5 Å². The zero-order valence-electron chi connectivity index (χ0n) is 16.3. The normalized spacial score (nSPS) is 15.3. The van der Waals surface area contributed by atoms with Crippen molar-refractivity contribution >= 4 is 57.9 Å². The lowest BCUT2D eigenvalue weighted by Crippen LogP contribution is -2.45. The number of hydrogen-bond donors (Lipinski definition) is 1. The maximum absolute atomic E-state index is 12.5. The number of nitrogens with zero attached hydrogens (tertiary/aromatic N) is 4. The van der Waals surface area contributed by atoms with Gasteiger partial charge in [0.2, 0.25) is 0 Å². The van der Waals surface area contributed by atoms with Gasteiger partial charge in [0.05, 0.1) is 19.9 Å². The average molecular weight is 490 g/mol. The van der Waals surface area contributed by atoms with Crippen LogP contribution in [0.25, 0.3) is 0 Å². The van der Waals surface area contributed by atoms with Gasteiger partial charge in [0, 0.05) is 51.2 Å². The Kier molecular flexibility index (Phi) is 8.32. The molecule has 0 aromatic carbocycles. The molecule has 1 amide bonds. The van der Waals surface area contributed by atoms with Crippen LogP contribution in [0.2, 0.25) is 10.0 Å². The topological polar surface area (TPSA) is 91.6 Å². The fourth-order valence-corrected chi connectivity index (χ4v) is 5.71. The first-order chi connectivity index (χ1) is 14.3. The summed E-state index contributed by atoms with van der Waals surface area (Å²) in [5.41, 5.74) is -0.142. The van der Waals surface area contributed by atoms with Crippen LogP contribution in [0, 0.1) is 10.1 Å². The highest BCUT2D eigenvalue weighted by atomic mass is 35.5. The van der Waals surface area contributed by atoms with Crippen molar-refractivity contribution in [1.29, 1.82) is 0 Å². The van der Waals surface area contributed by atoms with Crippen LogP contribution in [-0.4, -0.2) is 71.9 Å². The molecule has 1 saturated heterocycles. The molecule has 0 aliphatic carbocycles. The molecule has 3 rings (SSSR count). The first kappa shape index (κ1) is 23.2. The minimum Gasteiger partial charge on any atom is -0.351 e. The zero-order chi connectivity index (χ0) is 21.7. The molecule has 30 heavy (non-hydrogen) atoms. The molecule has 2 aromatic rings. The Morgan fingerprint density at radius 2 is 1.97 bits per heavy atom. The largest absolute Gasteiger partial charge is 0.351 e. The maximum Gasteiger partial charge on any atom is 0.294 e. The molecule has 1 fully saturated rings. The number of pyridine rings is 1. The van der Waals surface area contributed by atoms with Crippen molar-refractivity contribution in [2.75, 3.05) is 46.3 Å². The highest BCUT2D eigenvalue weighted by Gasteiger charge is 2.25. The van der Waals surface area contributed by atoms with Crippen LogP contribution >= 0.6 is 46.3 Å². The van der Waals surface area contributed by atoms with E-state index in [9.17, 15) is 14.9 Å². The van der Waals surface area contributed by atoms with Crippen molar-refractivity contribution < 1.29 is 9.72 Å². The van der Waals surface area contributed by atoms with E-state index in [1.807, 2.05) is 0 Å². The number of likely N-dealkylation sites (N-methyl/N-ethyl adjacent to an activating group) is 1. The Balaban J connectivity index is 1.59. The highest BCUT2D eigenvalue weighted by molar-refractivity contribution is 8.01. The molecular formula is C18H21Cl2N5O3S2. The molecule has 1 aliphatic rings. The summed E-state index contributed by atoms with van der Waals surface area (Å²) in [5, 5.41) is 14.9. The van der Waals surface area contributed by atoms with Gasteiger partial charge in [0.15, 0.2) is 0 Å². The zero-order valence-corrected chi connectivity index (χ0v) is 19.4. The standard InChI is InChI=1S/C18H21Cl2N5O3S2/c1-23-5-7-24(8-6-23)4-2-3-22-17(26)15-9-14(25(27)28)18(29-15)30-16-12(19)10-21-11-13(16)20/h9-11H,2-8H2,1H3,(H,22,26). The molecule has 2 aromatic heterocycles. The van der Waals surface area contributed by atoms with E-state index in [-0.39, 0.29) is 16.5 Å². The minimum atomic E-state index is -0.508. The summed E-state index contributed by atoms with van der Waals surface area (Å²) in [7, 11) is 2.11. The second-order valence-corrected chi connectivity index (χ2v) is 9.97. The van der Waals surface area contributed by atoms with E-state index in [1.54, 1.807) is 0 Å². The quantitative estimate of drug-likeness (QED) is 0.341. The number of hydrogen-bond acceptors (Lipinski definition) is 8. The number of carbonyl (C=O) groups is 1. The number of piperazine rings is 1. The summed E-state index contributed by atoms with van der Waals surface area (Å²) in [5.74, 6) is -0.319. The van der Waals surface area contributed by atoms with Gasteiger partial charge in [0.1, 0.15) is 9.09 Å². The molecule has 8 nitrogen and oxygen atoms in total. The van der Waals surface area contributed by atoms with E-state index in [4.69, 9.17) is 23.2 Å². The number of rotatable bonds is 8. The van der Waals surface area contributed by atoms with Crippen LogP contribution in [0.1, 0.15) is 16.1 Å². The number of halogens is 2. The number of carbonyl (C=O) groups excluding carboxylic acids is 1. The third-order valence-corrected chi connectivity index (χ3v) is 7.89. The first-order valence-corrected chi connectivity index (χ1v) is 11.7. The van der Waals surface area contributed by atoms with Crippen molar-refractivity contribution in [1.82, 2.24) is 20.1 Å². The Bertz CT molecular complexity index is 899. The highest BCUT2D eigenvalue weighted by Crippen LogP contribution is 2.45. The summed E-state index contributed by atoms with van der Waals surface area (Å²) < 4.78 is 0.345. The predicted molar refractivity (Wildman–Crippen MR) is 120 cm³/mol. The second-order valence-electron chi connectivity index (χ2n) is 6.83. The van der Waals surface area contributed by atoms with Gasteiger partial charge in [0.25, 0.3) is 11.6 Å². The number of nitro groups is 1. The van der Waals surface area contributed by atoms with Gasteiger partial charge in [-0.05, 0) is 20.0 Å². The number of amides is 1. The van der Waals surface area contributed by atoms with Gasteiger partial charge < -0.3 is 15.1 Å². The van der Waals surface area contributed by atoms with Gasteiger partial charge in [-0.1, -0.05) is 35.0 Å². The van der Waals surface area contributed by atoms with Gasteiger partial charge in [-0.15, -0.1) is 11.3 Å². The molecule has 3 heterocycles. The van der Waals surface area contributed by atoms with Crippen molar-refractivity contribution in [2.45, 2.75) is 15.5 Å². The van der Waals surface area contributed by atoms with Crippen molar-refractivity contribution in [3.05, 3.63) is 43.5 Å². The molecule has 0 radical (unpaired) electrons. The van der Waals surface area contributed by atoms with Gasteiger partial charge in [-0.25, -0.2) is 0 Å². The van der Waals surface area contributed by atoms with Crippen LogP contribution in [0.4, 0.5) is 5.69 Å². The second kappa shape index (κ2) is 10.7. The smallest absolute Gasteiger partial charge is 0.294 e. The SMILES string of the molecule is CN1CCN(CCCNC(=O)c2cc([N+](=O)[O-])c(Sc3c(Cl)cncc3Cl)s2)CC1. The molecule has 1 aliphatic heterocycles. The Hall–Kier alpha value is -1.43. The van der Waals surface area contributed by atoms with Crippen LogP contribution in [-0.2, 0) is 0 Å². The van der Waals surface area contributed by atoms with E-state index in [2.05, 4.69) is 27.1 Å². The number of aromatic nitrogens is 1. The van der Waals surface area contributed by atoms with E-state index < -0.39 is 4.92 Å². The lowest BCUT2D eigenvalue weighted by Gasteiger charge is -2.32. The maximum atomic E-state index is 12.5. The Labute approximate surface area is 192 Å². The fourth-order valence-electron chi connectivity index (χ4n) is 2.93. The van der Waals surface area contributed by atoms with E-state index in [0.717, 1.165) is 62.2 Å². The van der Waals surface area contributed by atoms with Crippen molar-refractivity contribution in [3.8, 4) is 0 Å². The average Bonchev–Trinajstić information content (AvgIpc) is 3.14. The predicted octanol–water partition coefficient (Wildman–Crippen LogP) is 3.88. The molecule has 0 bridgehead atoms. The van der Waals surface area contributed by atoms with E-state index >= 15 is 0 Å². The molecule has 12 heteroatoms. The molecule has 1 N–H and O–H groups in total. The van der Waals surface area contributed by atoms with Crippen LogP contribution in [0.3, 0.4) is 0 Å². The first-order valence-electron chi connectivity index (χ1n) is 9.29.